The number of benzene rings is 1. The van der Waals surface area contributed by atoms with Crippen LogP contribution < -0.4 is 10.5 Å². The maximum atomic E-state index is 6.03. The van der Waals surface area contributed by atoms with Gasteiger partial charge in [-0.25, -0.2) is 0 Å². The molecular formula is C17H26N2O. The van der Waals surface area contributed by atoms with E-state index in [1.807, 2.05) is 0 Å². The molecule has 0 aromatic heterocycles. The summed E-state index contributed by atoms with van der Waals surface area (Å²) in [5, 5.41) is 0. The second kappa shape index (κ2) is 6.15. The topological polar surface area (TPSA) is 38.5 Å². The van der Waals surface area contributed by atoms with E-state index in [0.717, 1.165) is 18.8 Å². The quantitative estimate of drug-likeness (QED) is 0.921. The third-order valence-electron chi connectivity index (χ3n) is 4.94. The molecule has 3 heteroatoms. The van der Waals surface area contributed by atoms with Crippen molar-refractivity contribution in [2.24, 2.45) is 11.7 Å². The smallest absolute Gasteiger partial charge is 0.122 e. The maximum Gasteiger partial charge on any atom is 0.122 e. The van der Waals surface area contributed by atoms with Crippen LogP contribution in [0.1, 0.15) is 37.7 Å². The number of likely N-dealkylation sites (tertiary alicyclic amines) is 1. The number of hydrogen-bond donors (Lipinski definition) is 1. The van der Waals surface area contributed by atoms with Crippen LogP contribution in [0, 0.1) is 5.92 Å². The molecule has 3 rings (SSSR count). The van der Waals surface area contributed by atoms with Crippen molar-refractivity contribution in [3.8, 4) is 5.75 Å². The van der Waals surface area contributed by atoms with E-state index in [0.29, 0.717) is 17.9 Å². The predicted molar refractivity (Wildman–Crippen MR) is 82.1 cm³/mol. The number of piperidine rings is 1. The normalized spacial score (nSPS) is 25.8. The molecule has 0 bridgehead atoms. The Morgan fingerprint density at radius 3 is 2.75 bits per heavy atom. The zero-order valence-electron chi connectivity index (χ0n) is 12.4. The Morgan fingerprint density at radius 1 is 1.25 bits per heavy atom. The molecule has 0 radical (unpaired) electrons. The van der Waals surface area contributed by atoms with Crippen molar-refractivity contribution in [3.63, 3.8) is 0 Å². The molecule has 0 aliphatic carbocycles. The minimum absolute atomic E-state index is 0.348. The Hall–Kier alpha value is -1.06. The molecule has 1 saturated heterocycles. The third kappa shape index (κ3) is 2.99. The van der Waals surface area contributed by atoms with Gasteiger partial charge in [-0.15, -0.1) is 0 Å². The van der Waals surface area contributed by atoms with Crippen LogP contribution in [0.15, 0.2) is 24.3 Å². The number of para-hydroxylation sites is 1. The van der Waals surface area contributed by atoms with Crippen LogP contribution in [0.5, 0.6) is 5.75 Å². The molecule has 1 aromatic carbocycles. The molecular weight excluding hydrogens is 248 g/mol. The van der Waals surface area contributed by atoms with E-state index in [2.05, 4.69) is 36.1 Å². The number of nitrogens with two attached hydrogens (primary N) is 1. The van der Waals surface area contributed by atoms with Gasteiger partial charge in [0.05, 0.1) is 6.61 Å². The standard InChI is InChI=1S/C17H26N2O/c1-13(18)14-6-9-19(10-7-14)12-15-8-11-20-17-5-3-2-4-16(15)17/h2-5,13-15H,6-12,18H2,1H3. The second-order valence-electron chi connectivity index (χ2n) is 6.37. The molecule has 0 saturated carbocycles. The van der Waals surface area contributed by atoms with Gasteiger partial charge in [0.2, 0.25) is 0 Å². The zero-order valence-corrected chi connectivity index (χ0v) is 12.4. The minimum Gasteiger partial charge on any atom is -0.493 e. The maximum absolute atomic E-state index is 6.03. The summed E-state index contributed by atoms with van der Waals surface area (Å²) in [7, 11) is 0. The predicted octanol–water partition coefficient (Wildman–Crippen LogP) is 2.61. The van der Waals surface area contributed by atoms with Crippen LogP contribution in [0.2, 0.25) is 0 Å². The van der Waals surface area contributed by atoms with Crippen molar-refractivity contribution in [1.29, 1.82) is 0 Å². The molecule has 3 nitrogen and oxygen atoms in total. The molecule has 20 heavy (non-hydrogen) atoms. The lowest BCUT2D eigenvalue weighted by molar-refractivity contribution is 0.151. The van der Waals surface area contributed by atoms with Gasteiger partial charge >= 0.3 is 0 Å². The molecule has 2 unspecified atom stereocenters. The summed E-state index contributed by atoms with van der Waals surface area (Å²) < 4.78 is 5.76. The van der Waals surface area contributed by atoms with E-state index in [1.165, 1.54) is 38.0 Å². The van der Waals surface area contributed by atoms with E-state index >= 15 is 0 Å². The van der Waals surface area contributed by atoms with Crippen LogP contribution in [-0.2, 0) is 0 Å². The fourth-order valence-electron chi connectivity index (χ4n) is 3.58. The van der Waals surface area contributed by atoms with Crippen LogP contribution in [0.25, 0.3) is 0 Å². The monoisotopic (exact) mass is 274 g/mol. The van der Waals surface area contributed by atoms with Crippen LogP contribution in [0.3, 0.4) is 0 Å². The molecule has 1 fully saturated rings. The first-order valence-electron chi connectivity index (χ1n) is 7.93. The molecule has 0 spiro atoms. The fraction of sp³-hybridized carbons (Fsp3) is 0.647. The van der Waals surface area contributed by atoms with Crippen molar-refractivity contribution in [1.82, 2.24) is 4.90 Å². The highest BCUT2D eigenvalue weighted by Crippen LogP contribution is 2.34. The van der Waals surface area contributed by atoms with Crippen molar-refractivity contribution < 1.29 is 4.74 Å². The van der Waals surface area contributed by atoms with Crippen molar-refractivity contribution in [2.75, 3.05) is 26.2 Å². The first-order valence-corrected chi connectivity index (χ1v) is 7.93. The number of hydrogen-bond acceptors (Lipinski definition) is 3. The van der Waals surface area contributed by atoms with Gasteiger partial charge in [0.15, 0.2) is 0 Å². The molecule has 2 atom stereocenters. The number of fused-ring (bicyclic) bond motifs is 1. The average molecular weight is 274 g/mol. The molecule has 2 aliphatic rings. The second-order valence-corrected chi connectivity index (χ2v) is 6.37. The van der Waals surface area contributed by atoms with E-state index in [1.54, 1.807) is 0 Å². The third-order valence-corrected chi connectivity index (χ3v) is 4.94. The van der Waals surface area contributed by atoms with E-state index < -0.39 is 0 Å². The van der Waals surface area contributed by atoms with Crippen molar-refractivity contribution in [3.05, 3.63) is 29.8 Å². The van der Waals surface area contributed by atoms with Gasteiger partial charge in [-0.05, 0) is 56.8 Å². The largest absolute Gasteiger partial charge is 0.493 e. The van der Waals surface area contributed by atoms with Crippen molar-refractivity contribution >= 4 is 0 Å². The summed E-state index contributed by atoms with van der Waals surface area (Å²) in [5.41, 5.74) is 7.42. The lowest BCUT2D eigenvalue weighted by Gasteiger charge is -2.37. The Labute approximate surface area is 122 Å². The van der Waals surface area contributed by atoms with E-state index in [9.17, 15) is 0 Å². The fourth-order valence-corrected chi connectivity index (χ4v) is 3.58. The van der Waals surface area contributed by atoms with E-state index in [-0.39, 0.29) is 0 Å². The molecule has 2 aliphatic heterocycles. The molecule has 2 N–H and O–H groups in total. The lowest BCUT2D eigenvalue weighted by atomic mass is 9.88. The highest BCUT2D eigenvalue weighted by molar-refractivity contribution is 5.37. The number of rotatable bonds is 3. The summed E-state index contributed by atoms with van der Waals surface area (Å²) in [6.45, 7) is 6.58. The van der Waals surface area contributed by atoms with Gasteiger partial charge in [0, 0.05) is 18.5 Å². The van der Waals surface area contributed by atoms with Gasteiger partial charge in [-0.2, -0.15) is 0 Å². The molecule has 2 heterocycles. The van der Waals surface area contributed by atoms with Gasteiger partial charge in [0.25, 0.3) is 0 Å². The zero-order chi connectivity index (χ0) is 13.9. The highest BCUT2D eigenvalue weighted by Gasteiger charge is 2.26. The van der Waals surface area contributed by atoms with E-state index in [4.69, 9.17) is 10.5 Å². The van der Waals surface area contributed by atoms with Crippen molar-refractivity contribution in [2.45, 2.75) is 38.1 Å². The SMILES string of the molecule is CC(N)C1CCN(CC2CCOc3ccccc32)CC1. The van der Waals surface area contributed by atoms with Crippen LogP contribution in [-0.4, -0.2) is 37.2 Å². The Bertz CT molecular complexity index is 438. The number of nitrogens with zero attached hydrogens (tertiary/aromatic N) is 1. The highest BCUT2D eigenvalue weighted by atomic mass is 16.5. The molecule has 110 valence electrons. The first kappa shape index (κ1) is 13.9. The number of ether oxygens (including phenoxy) is 1. The summed E-state index contributed by atoms with van der Waals surface area (Å²) in [5.74, 6) is 2.44. The molecule has 1 aromatic rings. The first-order chi connectivity index (χ1) is 9.74. The average Bonchev–Trinajstić information content (AvgIpc) is 2.48. The van der Waals surface area contributed by atoms with Gasteiger partial charge in [0.1, 0.15) is 5.75 Å². The summed E-state index contributed by atoms with van der Waals surface area (Å²) in [6, 6.07) is 8.87. The van der Waals surface area contributed by atoms with Gasteiger partial charge in [-0.1, -0.05) is 18.2 Å². The summed E-state index contributed by atoms with van der Waals surface area (Å²) in [6.07, 6.45) is 3.65. The summed E-state index contributed by atoms with van der Waals surface area (Å²) >= 11 is 0. The Morgan fingerprint density at radius 2 is 2.00 bits per heavy atom. The lowest BCUT2D eigenvalue weighted by Crippen LogP contribution is -2.41. The van der Waals surface area contributed by atoms with Crippen LogP contribution in [0.4, 0.5) is 0 Å². The molecule has 0 amide bonds. The van der Waals surface area contributed by atoms with Gasteiger partial charge in [-0.3, -0.25) is 0 Å². The summed E-state index contributed by atoms with van der Waals surface area (Å²) in [4.78, 5) is 2.62. The Kier molecular flexibility index (Phi) is 4.27. The van der Waals surface area contributed by atoms with Crippen LogP contribution >= 0.6 is 0 Å². The minimum atomic E-state index is 0.348. The Balaban J connectivity index is 1.60. The van der Waals surface area contributed by atoms with Gasteiger partial charge < -0.3 is 15.4 Å².